The number of carbonyl (C=O) groups is 1. The molecule has 1 aromatic carbocycles. The van der Waals surface area contributed by atoms with Crippen LogP contribution in [0.3, 0.4) is 0 Å². The number of nitrogens with zero attached hydrogens (tertiary/aromatic N) is 1. The maximum atomic E-state index is 11.7. The van der Waals surface area contributed by atoms with E-state index >= 15 is 0 Å². The molecule has 104 valence electrons. The quantitative estimate of drug-likeness (QED) is 0.412. The number of carbonyl (C=O) groups excluding carboxylic acids is 1. The SMILES string of the molecule is CCCC[C@H](N)C(=O)Nc1cc([N+](=O)[O-])ccc1O. The summed E-state index contributed by atoms with van der Waals surface area (Å²) in [5, 5.41) is 22.6. The van der Waals surface area contributed by atoms with Gasteiger partial charge in [-0.1, -0.05) is 19.8 Å². The highest BCUT2D eigenvalue weighted by molar-refractivity contribution is 5.96. The van der Waals surface area contributed by atoms with E-state index in [2.05, 4.69) is 5.32 Å². The molecular weight excluding hydrogens is 250 g/mol. The monoisotopic (exact) mass is 267 g/mol. The first-order valence-corrected chi connectivity index (χ1v) is 5.99. The van der Waals surface area contributed by atoms with Crippen LogP contribution in [0.5, 0.6) is 5.75 Å². The number of phenolic OH excluding ortho intramolecular Hbond substituents is 1. The minimum atomic E-state index is -0.696. The Morgan fingerprint density at radius 3 is 2.84 bits per heavy atom. The lowest BCUT2D eigenvalue weighted by Gasteiger charge is -2.12. The number of aromatic hydroxyl groups is 1. The molecule has 0 saturated carbocycles. The van der Waals surface area contributed by atoms with Crippen LogP contribution >= 0.6 is 0 Å². The van der Waals surface area contributed by atoms with Crippen LogP contribution in [0.4, 0.5) is 11.4 Å². The van der Waals surface area contributed by atoms with E-state index in [1.807, 2.05) is 6.92 Å². The Bertz CT molecular complexity index is 476. The predicted octanol–water partition coefficient (Wildman–Crippen LogP) is 1.76. The van der Waals surface area contributed by atoms with Crippen molar-refractivity contribution in [3.8, 4) is 5.75 Å². The number of nitro benzene ring substituents is 1. The van der Waals surface area contributed by atoms with E-state index in [-0.39, 0.29) is 17.1 Å². The van der Waals surface area contributed by atoms with Gasteiger partial charge in [0.2, 0.25) is 5.91 Å². The summed E-state index contributed by atoms with van der Waals surface area (Å²) in [6.45, 7) is 1.98. The van der Waals surface area contributed by atoms with Crippen LogP contribution in [-0.2, 0) is 4.79 Å². The molecule has 0 spiro atoms. The molecule has 0 saturated heterocycles. The number of rotatable bonds is 6. The first kappa shape index (κ1) is 14.9. The molecule has 0 fully saturated rings. The zero-order valence-corrected chi connectivity index (χ0v) is 10.6. The van der Waals surface area contributed by atoms with E-state index < -0.39 is 16.9 Å². The van der Waals surface area contributed by atoms with Crippen LogP contribution in [0.25, 0.3) is 0 Å². The van der Waals surface area contributed by atoms with E-state index in [0.29, 0.717) is 6.42 Å². The molecule has 4 N–H and O–H groups in total. The summed E-state index contributed by atoms with van der Waals surface area (Å²) >= 11 is 0. The molecule has 19 heavy (non-hydrogen) atoms. The van der Waals surface area contributed by atoms with Gasteiger partial charge in [-0.15, -0.1) is 0 Å². The van der Waals surface area contributed by atoms with Crippen molar-refractivity contribution < 1.29 is 14.8 Å². The Morgan fingerprint density at radius 2 is 2.26 bits per heavy atom. The van der Waals surface area contributed by atoms with Crippen molar-refractivity contribution in [2.45, 2.75) is 32.2 Å². The number of phenols is 1. The summed E-state index contributed by atoms with van der Waals surface area (Å²) in [6, 6.07) is 2.71. The number of hydrogen-bond acceptors (Lipinski definition) is 5. The number of anilines is 1. The molecule has 1 rings (SSSR count). The Kier molecular flexibility index (Phi) is 5.25. The zero-order valence-electron chi connectivity index (χ0n) is 10.6. The molecular formula is C12H17N3O4. The molecule has 0 aliphatic carbocycles. The third-order valence-electron chi connectivity index (χ3n) is 2.65. The Labute approximate surface area is 110 Å². The minimum absolute atomic E-state index is 0.00820. The fraction of sp³-hybridized carbons (Fsp3) is 0.417. The van der Waals surface area contributed by atoms with E-state index in [1.165, 1.54) is 0 Å². The number of amides is 1. The molecule has 7 heteroatoms. The normalized spacial score (nSPS) is 11.9. The average Bonchev–Trinajstić information content (AvgIpc) is 2.38. The van der Waals surface area contributed by atoms with Gasteiger partial charge in [-0.05, 0) is 12.5 Å². The lowest BCUT2D eigenvalue weighted by Crippen LogP contribution is -2.35. The number of benzene rings is 1. The maximum Gasteiger partial charge on any atom is 0.271 e. The summed E-state index contributed by atoms with van der Waals surface area (Å²) < 4.78 is 0. The minimum Gasteiger partial charge on any atom is -0.506 e. The molecule has 1 amide bonds. The molecule has 1 aromatic rings. The van der Waals surface area contributed by atoms with Crippen molar-refractivity contribution in [3.63, 3.8) is 0 Å². The van der Waals surface area contributed by atoms with Crippen LogP contribution in [0.2, 0.25) is 0 Å². The van der Waals surface area contributed by atoms with Crippen LogP contribution in [-0.4, -0.2) is 22.0 Å². The number of nitrogens with one attached hydrogen (secondary N) is 1. The highest BCUT2D eigenvalue weighted by Crippen LogP contribution is 2.27. The number of nitrogens with two attached hydrogens (primary N) is 1. The molecule has 0 unspecified atom stereocenters. The lowest BCUT2D eigenvalue weighted by atomic mass is 10.1. The molecule has 0 aliphatic heterocycles. The van der Waals surface area contributed by atoms with E-state index in [9.17, 15) is 20.0 Å². The molecule has 1 atom stereocenters. The maximum absolute atomic E-state index is 11.7. The topological polar surface area (TPSA) is 118 Å². The molecule has 7 nitrogen and oxygen atoms in total. The molecule has 0 aromatic heterocycles. The predicted molar refractivity (Wildman–Crippen MR) is 70.9 cm³/mol. The fourth-order valence-corrected chi connectivity index (χ4v) is 1.52. The zero-order chi connectivity index (χ0) is 14.4. The van der Waals surface area contributed by atoms with Gasteiger partial charge in [0, 0.05) is 12.1 Å². The summed E-state index contributed by atoms with van der Waals surface area (Å²) in [5.74, 6) is -0.703. The van der Waals surface area contributed by atoms with Crippen LogP contribution < -0.4 is 11.1 Å². The number of unbranched alkanes of at least 4 members (excludes halogenated alkanes) is 1. The van der Waals surface area contributed by atoms with Gasteiger partial charge in [0.25, 0.3) is 5.69 Å². The highest BCUT2D eigenvalue weighted by Gasteiger charge is 2.16. The largest absolute Gasteiger partial charge is 0.506 e. The Hall–Kier alpha value is -2.15. The first-order chi connectivity index (χ1) is 8.95. The van der Waals surface area contributed by atoms with Gasteiger partial charge >= 0.3 is 0 Å². The average molecular weight is 267 g/mol. The standard InChI is InChI=1S/C12H17N3O4/c1-2-3-4-9(13)12(17)14-10-7-8(15(18)19)5-6-11(10)16/h5-7,9,16H,2-4,13H2,1H3,(H,14,17)/t9-/m0/s1. The molecule has 0 heterocycles. The van der Waals surface area contributed by atoms with Gasteiger partial charge in [0.1, 0.15) is 5.75 Å². The van der Waals surface area contributed by atoms with Crippen molar-refractivity contribution in [3.05, 3.63) is 28.3 Å². The van der Waals surface area contributed by atoms with E-state index in [1.54, 1.807) is 0 Å². The second-order valence-corrected chi connectivity index (χ2v) is 4.20. The summed E-state index contributed by atoms with van der Waals surface area (Å²) in [6.07, 6.45) is 2.26. The number of non-ortho nitro benzene ring substituents is 1. The van der Waals surface area contributed by atoms with Gasteiger partial charge in [0.05, 0.1) is 16.7 Å². The number of hydrogen-bond donors (Lipinski definition) is 3. The lowest BCUT2D eigenvalue weighted by molar-refractivity contribution is -0.384. The van der Waals surface area contributed by atoms with Gasteiger partial charge in [-0.3, -0.25) is 14.9 Å². The van der Waals surface area contributed by atoms with Crippen molar-refractivity contribution in [1.29, 1.82) is 0 Å². The van der Waals surface area contributed by atoms with E-state index in [4.69, 9.17) is 5.73 Å². The van der Waals surface area contributed by atoms with Gasteiger partial charge < -0.3 is 16.2 Å². The van der Waals surface area contributed by atoms with Gasteiger partial charge in [-0.25, -0.2) is 0 Å². The molecule has 0 bridgehead atoms. The Morgan fingerprint density at radius 1 is 1.58 bits per heavy atom. The molecule has 0 radical (unpaired) electrons. The van der Waals surface area contributed by atoms with Crippen LogP contribution in [0, 0.1) is 10.1 Å². The van der Waals surface area contributed by atoms with Crippen molar-refractivity contribution in [2.24, 2.45) is 5.73 Å². The van der Waals surface area contributed by atoms with Gasteiger partial charge in [0.15, 0.2) is 0 Å². The van der Waals surface area contributed by atoms with Crippen molar-refractivity contribution in [2.75, 3.05) is 5.32 Å². The molecule has 0 aliphatic rings. The second kappa shape index (κ2) is 6.69. The summed E-state index contributed by atoms with van der Waals surface area (Å²) in [7, 11) is 0. The van der Waals surface area contributed by atoms with E-state index in [0.717, 1.165) is 31.0 Å². The van der Waals surface area contributed by atoms with Crippen LogP contribution in [0.1, 0.15) is 26.2 Å². The third kappa shape index (κ3) is 4.22. The second-order valence-electron chi connectivity index (χ2n) is 4.20. The Balaban J connectivity index is 2.78. The highest BCUT2D eigenvalue weighted by atomic mass is 16.6. The van der Waals surface area contributed by atoms with Crippen LogP contribution in [0.15, 0.2) is 18.2 Å². The first-order valence-electron chi connectivity index (χ1n) is 5.99. The van der Waals surface area contributed by atoms with Crippen molar-refractivity contribution in [1.82, 2.24) is 0 Å². The summed E-state index contributed by atoms with van der Waals surface area (Å²) in [4.78, 5) is 21.7. The fourth-order valence-electron chi connectivity index (χ4n) is 1.52. The van der Waals surface area contributed by atoms with Crippen molar-refractivity contribution >= 4 is 17.3 Å². The smallest absolute Gasteiger partial charge is 0.271 e. The summed E-state index contributed by atoms with van der Waals surface area (Å²) in [5.41, 5.74) is 5.45. The van der Waals surface area contributed by atoms with Gasteiger partial charge in [-0.2, -0.15) is 0 Å². The number of nitro groups is 1. The third-order valence-corrected chi connectivity index (χ3v) is 2.65.